The second-order valence-electron chi connectivity index (χ2n) is 6.07. The summed E-state index contributed by atoms with van der Waals surface area (Å²) in [5.74, 6) is -0.740. The summed E-state index contributed by atoms with van der Waals surface area (Å²) in [4.78, 5) is 28.2. The maximum atomic E-state index is 13.3. The third-order valence-corrected chi connectivity index (χ3v) is 4.31. The zero-order chi connectivity index (χ0) is 18.1. The number of nitrogens with zero attached hydrogens (tertiary/aromatic N) is 6. The van der Waals surface area contributed by atoms with Crippen molar-refractivity contribution in [3.8, 4) is 0 Å². The van der Waals surface area contributed by atoms with Crippen molar-refractivity contribution in [1.82, 2.24) is 29.8 Å². The maximum Gasteiger partial charge on any atom is 0.254 e. The lowest BCUT2D eigenvalue weighted by atomic mass is 10.1. The second kappa shape index (κ2) is 6.51. The van der Waals surface area contributed by atoms with Crippen molar-refractivity contribution in [2.75, 3.05) is 19.6 Å². The topological polar surface area (TPSA) is 83.7 Å². The molecule has 4 rings (SSSR count). The Morgan fingerprint density at radius 2 is 2.08 bits per heavy atom. The Kier molecular flexibility index (Phi) is 4.04. The van der Waals surface area contributed by atoms with E-state index in [9.17, 15) is 14.0 Å². The van der Waals surface area contributed by atoms with Crippen LogP contribution < -0.4 is 0 Å². The quantitative estimate of drug-likeness (QED) is 0.693. The summed E-state index contributed by atoms with van der Waals surface area (Å²) in [6.07, 6.45) is 1.60. The molecule has 0 saturated carbocycles. The third-order valence-electron chi connectivity index (χ3n) is 4.31. The van der Waals surface area contributed by atoms with Gasteiger partial charge in [0.2, 0.25) is 5.91 Å². The van der Waals surface area contributed by atoms with Gasteiger partial charge in [-0.15, -0.1) is 5.10 Å². The van der Waals surface area contributed by atoms with Crippen molar-refractivity contribution >= 4 is 17.5 Å². The van der Waals surface area contributed by atoms with Crippen LogP contribution in [0.25, 0.3) is 5.65 Å². The molecule has 1 aliphatic rings. The molecule has 1 saturated heterocycles. The third kappa shape index (κ3) is 3.10. The van der Waals surface area contributed by atoms with Gasteiger partial charge in [0.15, 0.2) is 5.65 Å². The molecule has 3 heterocycles. The number of hydrogen-bond acceptors (Lipinski definition) is 5. The van der Waals surface area contributed by atoms with Crippen LogP contribution in [0.3, 0.4) is 0 Å². The van der Waals surface area contributed by atoms with Crippen LogP contribution in [0, 0.1) is 5.82 Å². The molecule has 0 spiro atoms. The van der Waals surface area contributed by atoms with Crippen molar-refractivity contribution in [2.45, 2.75) is 6.54 Å². The number of rotatable bonds is 3. The molecule has 0 unspecified atom stereocenters. The summed E-state index contributed by atoms with van der Waals surface area (Å²) < 4.78 is 14.7. The lowest BCUT2D eigenvalue weighted by molar-refractivity contribution is -0.135. The van der Waals surface area contributed by atoms with E-state index in [0.29, 0.717) is 30.8 Å². The van der Waals surface area contributed by atoms with Crippen molar-refractivity contribution in [3.05, 3.63) is 59.5 Å². The van der Waals surface area contributed by atoms with E-state index in [1.807, 2.05) is 0 Å². The molecule has 2 amide bonds. The highest BCUT2D eigenvalue weighted by Gasteiger charge is 2.28. The Hall–Kier alpha value is -3.36. The highest BCUT2D eigenvalue weighted by Crippen LogP contribution is 2.14. The molecule has 0 bridgehead atoms. The van der Waals surface area contributed by atoms with Crippen molar-refractivity contribution in [2.24, 2.45) is 0 Å². The summed E-state index contributed by atoms with van der Waals surface area (Å²) >= 11 is 0. The number of amides is 2. The number of pyridine rings is 1. The number of carbonyl (C=O) groups is 2. The summed E-state index contributed by atoms with van der Waals surface area (Å²) in [6, 6.07) is 9.37. The number of carbonyl (C=O) groups excluding carboxylic acids is 2. The smallest absolute Gasteiger partial charge is 0.254 e. The Morgan fingerprint density at radius 1 is 1.19 bits per heavy atom. The molecule has 26 heavy (non-hydrogen) atoms. The van der Waals surface area contributed by atoms with Crippen LogP contribution in [-0.2, 0) is 11.3 Å². The number of hydrogen-bond donors (Lipinski definition) is 0. The SMILES string of the molecule is O=C1CN(C(=O)c2ccn3nnnc3c2)CCN1Cc1cccc(F)c1. The van der Waals surface area contributed by atoms with E-state index >= 15 is 0 Å². The van der Waals surface area contributed by atoms with Gasteiger partial charge in [-0.2, -0.15) is 0 Å². The number of aromatic nitrogens is 4. The largest absolute Gasteiger partial charge is 0.335 e. The summed E-state index contributed by atoms with van der Waals surface area (Å²) in [5, 5.41) is 11.1. The second-order valence-corrected chi connectivity index (χ2v) is 6.07. The first-order valence-electron chi connectivity index (χ1n) is 8.09. The molecule has 3 aromatic rings. The first kappa shape index (κ1) is 16.1. The minimum absolute atomic E-state index is 0.00965. The maximum absolute atomic E-state index is 13.3. The summed E-state index contributed by atoms with van der Waals surface area (Å²) in [7, 11) is 0. The average Bonchev–Trinajstić information content (AvgIpc) is 3.10. The number of benzene rings is 1. The molecule has 1 fully saturated rings. The van der Waals surface area contributed by atoms with Crippen LogP contribution in [0.5, 0.6) is 0 Å². The monoisotopic (exact) mass is 354 g/mol. The Balaban J connectivity index is 1.44. The average molecular weight is 354 g/mol. The van der Waals surface area contributed by atoms with Gasteiger partial charge in [-0.25, -0.2) is 8.91 Å². The highest BCUT2D eigenvalue weighted by molar-refractivity contribution is 5.97. The molecule has 0 aliphatic carbocycles. The normalized spacial score (nSPS) is 14.9. The Labute approximate surface area is 147 Å². The van der Waals surface area contributed by atoms with Crippen LogP contribution in [0.1, 0.15) is 15.9 Å². The zero-order valence-electron chi connectivity index (χ0n) is 13.7. The zero-order valence-corrected chi connectivity index (χ0v) is 13.7. The number of halogens is 1. The fourth-order valence-electron chi connectivity index (χ4n) is 2.96. The van der Waals surface area contributed by atoms with Gasteiger partial charge in [-0.3, -0.25) is 9.59 Å². The molecule has 2 aromatic heterocycles. The molecule has 0 atom stereocenters. The lowest BCUT2D eigenvalue weighted by Crippen LogP contribution is -2.51. The van der Waals surface area contributed by atoms with Gasteiger partial charge in [0.1, 0.15) is 12.4 Å². The van der Waals surface area contributed by atoms with Crippen molar-refractivity contribution < 1.29 is 14.0 Å². The number of piperazine rings is 1. The van der Waals surface area contributed by atoms with Gasteiger partial charge in [-0.1, -0.05) is 12.1 Å². The molecule has 1 aromatic carbocycles. The minimum Gasteiger partial charge on any atom is -0.335 e. The van der Waals surface area contributed by atoms with E-state index in [2.05, 4.69) is 15.5 Å². The van der Waals surface area contributed by atoms with E-state index in [1.54, 1.807) is 35.4 Å². The summed E-state index contributed by atoms with van der Waals surface area (Å²) in [5.41, 5.74) is 1.62. The first-order valence-corrected chi connectivity index (χ1v) is 8.09. The van der Waals surface area contributed by atoms with Crippen LogP contribution in [-0.4, -0.2) is 61.3 Å². The molecule has 132 valence electrons. The van der Waals surface area contributed by atoms with Crippen LogP contribution in [0.4, 0.5) is 4.39 Å². The van der Waals surface area contributed by atoms with Crippen LogP contribution in [0.2, 0.25) is 0 Å². The molecule has 0 radical (unpaired) electrons. The number of fused-ring (bicyclic) bond motifs is 1. The van der Waals surface area contributed by atoms with Gasteiger partial charge in [0.05, 0.1) is 0 Å². The molecule has 1 aliphatic heterocycles. The Morgan fingerprint density at radius 3 is 2.88 bits per heavy atom. The van der Waals surface area contributed by atoms with E-state index < -0.39 is 0 Å². The van der Waals surface area contributed by atoms with Crippen molar-refractivity contribution in [3.63, 3.8) is 0 Å². The fraction of sp³-hybridized carbons (Fsp3) is 0.235. The number of tetrazole rings is 1. The van der Waals surface area contributed by atoms with E-state index in [4.69, 9.17) is 0 Å². The van der Waals surface area contributed by atoms with Gasteiger partial charge in [0.25, 0.3) is 5.91 Å². The van der Waals surface area contributed by atoms with E-state index in [0.717, 1.165) is 5.56 Å². The molecule has 9 heteroatoms. The van der Waals surface area contributed by atoms with Crippen LogP contribution in [0.15, 0.2) is 42.6 Å². The molecular formula is C17H15FN6O2. The fourth-order valence-corrected chi connectivity index (χ4v) is 2.96. The molecule has 0 N–H and O–H groups in total. The van der Waals surface area contributed by atoms with Gasteiger partial charge >= 0.3 is 0 Å². The van der Waals surface area contributed by atoms with Gasteiger partial charge in [0, 0.05) is 31.4 Å². The first-order chi connectivity index (χ1) is 12.6. The summed E-state index contributed by atoms with van der Waals surface area (Å²) in [6.45, 7) is 1.13. The minimum atomic E-state index is -0.331. The van der Waals surface area contributed by atoms with E-state index in [-0.39, 0.29) is 24.2 Å². The van der Waals surface area contributed by atoms with Crippen LogP contribution >= 0.6 is 0 Å². The van der Waals surface area contributed by atoms with Gasteiger partial charge < -0.3 is 9.80 Å². The lowest BCUT2D eigenvalue weighted by Gasteiger charge is -2.34. The predicted molar refractivity (Wildman–Crippen MR) is 88.5 cm³/mol. The van der Waals surface area contributed by atoms with Gasteiger partial charge in [-0.05, 0) is 40.3 Å². The molecular weight excluding hydrogens is 339 g/mol. The Bertz CT molecular complexity index is 988. The standard InChI is InChI=1S/C17H15FN6O2/c18-14-3-1-2-12(8-14)10-22-6-7-23(11-16(22)25)17(26)13-4-5-24-15(9-13)19-20-21-24/h1-5,8-9H,6-7,10-11H2. The van der Waals surface area contributed by atoms with E-state index in [1.165, 1.54) is 21.5 Å². The molecule has 8 nitrogen and oxygen atoms in total. The van der Waals surface area contributed by atoms with Crippen molar-refractivity contribution in [1.29, 1.82) is 0 Å². The predicted octanol–water partition coefficient (Wildman–Crippen LogP) is 0.748. The highest BCUT2D eigenvalue weighted by atomic mass is 19.1.